The summed E-state index contributed by atoms with van der Waals surface area (Å²) < 4.78 is 5.87. The topological polar surface area (TPSA) is 78.2 Å². The summed E-state index contributed by atoms with van der Waals surface area (Å²) in [4.78, 5) is 18.1. The average Bonchev–Trinajstić information content (AvgIpc) is 2.38. The Bertz CT molecular complexity index is 563. The highest BCUT2D eigenvalue weighted by Gasteiger charge is 2.17. The molecule has 2 aromatic rings. The molecule has 2 aromatic heterocycles. The molecule has 0 saturated heterocycles. The molecule has 2 heterocycles. The highest BCUT2D eigenvalue weighted by molar-refractivity contribution is 9.10. The third-order valence-electron chi connectivity index (χ3n) is 2.12. The number of halogens is 1. The lowest BCUT2D eigenvalue weighted by Crippen LogP contribution is -2.01. The number of nitrogens with zero attached hydrogens (tertiary/aromatic N) is 3. The highest BCUT2D eigenvalue weighted by Crippen LogP contribution is 2.27. The Kier molecular flexibility index (Phi) is 3.83. The highest BCUT2D eigenvalue weighted by atomic mass is 79.9. The van der Waals surface area contributed by atoms with E-state index in [1.165, 1.54) is 12.3 Å². The van der Waals surface area contributed by atoms with Crippen molar-refractivity contribution in [2.45, 2.75) is 6.61 Å². The largest absolute Gasteiger partial charge is 0.468 e. The Labute approximate surface area is 111 Å². The third-order valence-corrected chi connectivity index (χ3v) is 2.55. The van der Waals surface area contributed by atoms with Crippen molar-refractivity contribution in [3.05, 3.63) is 56.9 Å². The monoisotopic (exact) mass is 309 g/mol. The molecule has 0 fully saturated rings. The van der Waals surface area contributed by atoms with Gasteiger partial charge in [0.1, 0.15) is 6.61 Å². The summed E-state index contributed by atoms with van der Waals surface area (Å²) in [6.07, 6.45) is 4.71. The van der Waals surface area contributed by atoms with Gasteiger partial charge >= 0.3 is 5.69 Å². The molecule has 2 rings (SSSR count). The second-order valence-electron chi connectivity index (χ2n) is 3.38. The molecule has 7 heteroatoms. The lowest BCUT2D eigenvalue weighted by Gasteiger charge is -2.05. The summed E-state index contributed by atoms with van der Waals surface area (Å²) in [7, 11) is 0. The van der Waals surface area contributed by atoms with Crippen LogP contribution in [0, 0.1) is 10.1 Å². The number of aromatic nitrogens is 2. The molecule has 18 heavy (non-hydrogen) atoms. The Morgan fingerprint density at radius 3 is 2.78 bits per heavy atom. The van der Waals surface area contributed by atoms with Gasteiger partial charge in [-0.25, -0.2) is 4.98 Å². The normalized spacial score (nSPS) is 10.1. The van der Waals surface area contributed by atoms with Crippen LogP contribution in [0.5, 0.6) is 5.88 Å². The van der Waals surface area contributed by atoms with Gasteiger partial charge in [-0.2, -0.15) is 0 Å². The van der Waals surface area contributed by atoms with Crippen LogP contribution in [0.25, 0.3) is 0 Å². The van der Waals surface area contributed by atoms with E-state index in [0.29, 0.717) is 4.47 Å². The maximum atomic E-state index is 10.8. The van der Waals surface area contributed by atoms with Gasteiger partial charge in [-0.15, -0.1) is 0 Å². The van der Waals surface area contributed by atoms with E-state index < -0.39 is 4.92 Å². The van der Waals surface area contributed by atoms with Gasteiger partial charge in [0.15, 0.2) is 0 Å². The van der Waals surface area contributed by atoms with E-state index in [1.807, 2.05) is 0 Å². The fourth-order valence-electron chi connectivity index (χ4n) is 1.29. The molecular formula is C11H8BrN3O3. The van der Waals surface area contributed by atoms with E-state index >= 15 is 0 Å². The molecule has 0 amide bonds. The van der Waals surface area contributed by atoms with E-state index in [9.17, 15) is 10.1 Å². The summed E-state index contributed by atoms with van der Waals surface area (Å²) in [5.41, 5.74) is 0.697. The number of pyridine rings is 2. The molecule has 92 valence electrons. The molecule has 6 nitrogen and oxygen atoms in total. The quantitative estimate of drug-likeness (QED) is 0.641. The van der Waals surface area contributed by atoms with Crippen LogP contribution in [0.2, 0.25) is 0 Å². The van der Waals surface area contributed by atoms with Crippen LogP contribution >= 0.6 is 15.9 Å². The SMILES string of the molecule is O=[N+]([O-])c1cc(Br)cnc1OCc1ccncc1. The summed E-state index contributed by atoms with van der Waals surface area (Å²) in [5.74, 6) is 0.0000113. The standard InChI is InChI=1S/C11H8BrN3O3/c12-9-5-10(15(16)17)11(14-6-9)18-7-8-1-3-13-4-2-8/h1-6H,7H2. The van der Waals surface area contributed by atoms with Gasteiger partial charge < -0.3 is 4.74 Å². The smallest absolute Gasteiger partial charge is 0.332 e. The van der Waals surface area contributed by atoms with Gasteiger partial charge in [0.25, 0.3) is 5.88 Å². The molecule has 0 saturated carbocycles. The maximum absolute atomic E-state index is 10.8. The first-order valence-electron chi connectivity index (χ1n) is 4.98. The molecule has 0 radical (unpaired) electrons. The van der Waals surface area contributed by atoms with E-state index in [4.69, 9.17) is 4.74 Å². The van der Waals surface area contributed by atoms with Crippen molar-refractivity contribution in [2.75, 3.05) is 0 Å². The van der Waals surface area contributed by atoms with E-state index in [-0.39, 0.29) is 18.2 Å². The zero-order valence-electron chi connectivity index (χ0n) is 9.12. The first-order valence-corrected chi connectivity index (χ1v) is 5.78. The van der Waals surface area contributed by atoms with Gasteiger partial charge in [0.05, 0.1) is 4.92 Å². The van der Waals surface area contributed by atoms with Crippen LogP contribution < -0.4 is 4.74 Å². The van der Waals surface area contributed by atoms with Crippen LogP contribution in [0.4, 0.5) is 5.69 Å². The first kappa shape index (κ1) is 12.4. The van der Waals surface area contributed by atoms with Crippen molar-refractivity contribution in [2.24, 2.45) is 0 Å². The first-order chi connectivity index (χ1) is 8.66. The average molecular weight is 310 g/mol. The van der Waals surface area contributed by atoms with Gasteiger partial charge in [-0.3, -0.25) is 15.1 Å². The Hall–Kier alpha value is -2.02. The Balaban J connectivity index is 2.17. The van der Waals surface area contributed by atoms with E-state index in [0.717, 1.165) is 5.56 Å². The number of nitro groups is 1. The Morgan fingerprint density at radius 2 is 2.11 bits per heavy atom. The summed E-state index contributed by atoms with van der Waals surface area (Å²) in [5, 5.41) is 10.8. The molecule has 0 aliphatic carbocycles. The van der Waals surface area contributed by atoms with Crippen LogP contribution in [-0.2, 0) is 6.61 Å². The molecule has 0 unspecified atom stereocenters. The van der Waals surface area contributed by atoms with Gasteiger partial charge in [-0.05, 0) is 33.6 Å². The summed E-state index contributed by atoms with van der Waals surface area (Å²) >= 11 is 3.13. The third kappa shape index (κ3) is 3.01. The van der Waals surface area contributed by atoms with Crippen molar-refractivity contribution >= 4 is 21.6 Å². The molecule has 0 aliphatic heterocycles. The molecule has 0 spiro atoms. The fraction of sp³-hybridized carbons (Fsp3) is 0.0909. The summed E-state index contributed by atoms with van der Waals surface area (Å²) in [6.45, 7) is 0.206. The molecule has 0 atom stereocenters. The fourth-order valence-corrected chi connectivity index (χ4v) is 1.61. The van der Waals surface area contributed by atoms with Crippen LogP contribution in [0.15, 0.2) is 41.3 Å². The van der Waals surface area contributed by atoms with Crippen LogP contribution in [0.1, 0.15) is 5.56 Å². The molecule has 0 N–H and O–H groups in total. The number of hydrogen-bond donors (Lipinski definition) is 0. The van der Waals surface area contributed by atoms with Gasteiger partial charge in [-0.1, -0.05) is 0 Å². The molecular weight excluding hydrogens is 302 g/mol. The second kappa shape index (κ2) is 5.54. The van der Waals surface area contributed by atoms with Crippen molar-refractivity contribution in [3.8, 4) is 5.88 Å². The van der Waals surface area contributed by atoms with Crippen molar-refractivity contribution in [3.63, 3.8) is 0 Å². The maximum Gasteiger partial charge on any atom is 0.332 e. The second-order valence-corrected chi connectivity index (χ2v) is 4.29. The predicted octanol–water partition coefficient (Wildman–Crippen LogP) is 2.73. The Morgan fingerprint density at radius 1 is 1.39 bits per heavy atom. The lowest BCUT2D eigenvalue weighted by molar-refractivity contribution is -0.386. The minimum atomic E-state index is -0.528. The number of rotatable bonds is 4. The van der Waals surface area contributed by atoms with Gasteiger partial charge in [0.2, 0.25) is 0 Å². The van der Waals surface area contributed by atoms with Crippen molar-refractivity contribution < 1.29 is 9.66 Å². The van der Waals surface area contributed by atoms with E-state index in [2.05, 4.69) is 25.9 Å². The molecule has 0 aromatic carbocycles. The molecule has 0 bridgehead atoms. The predicted molar refractivity (Wildman–Crippen MR) is 67.2 cm³/mol. The minimum Gasteiger partial charge on any atom is -0.468 e. The zero-order valence-corrected chi connectivity index (χ0v) is 10.7. The van der Waals surface area contributed by atoms with Crippen LogP contribution in [0.3, 0.4) is 0 Å². The summed E-state index contributed by atoms with van der Waals surface area (Å²) in [6, 6.07) is 4.89. The van der Waals surface area contributed by atoms with Crippen molar-refractivity contribution in [1.82, 2.24) is 9.97 Å². The minimum absolute atomic E-state index is 0.0000113. The molecule has 0 aliphatic rings. The number of hydrogen-bond acceptors (Lipinski definition) is 5. The van der Waals surface area contributed by atoms with Crippen molar-refractivity contribution in [1.29, 1.82) is 0 Å². The lowest BCUT2D eigenvalue weighted by atomic mass is 10.3. The zero-order chi connectivity index (χ0) is 13.0. The van der Waals surface area contributed by atoms with Gasteiger partial charge in [0, 0.05) is 29.1 Å². The van der Waals surface area contributed by atoms with Crippen LogP contribution in [-0.4, -0.2) is 14.9 Å². The number of ether oxygens (including phenoxy) is 1. The van der Waals surface area contributed by atoms with E-state index in [1.54, 1.807) is 24.5 Å².